The van der Waals surface area contributed by atoms with E-state index in [1.54, 1.807) is 6.92 Å². The number of nitrogens with two attached hydrogens (primary N) is 1. The number of aromatic nitrogens is 4. The fraction of sp³-hybridized carbons (Fsp3) is 0.771. The molecule has 2 aromatic heterocycles. The summed E-state index contributed by atoms with van der Waals surface area (Å²) in [7, 11) is -17.7. The number of fused-ring (bicyclic) bond motifs is 6. The van der Waals surface area contributed by atoms with Crippen LogP contribution in [0.2, 0.25) is 0 Å². The molecule has 1 aliphatic heterocycles. The molecule has 16 atom stereocenters. The molecule has 3 heterocycles. The van der Waals surface area contributed by atoms with Gasteiger partial charge in [0, 0.05) is 37.1 Å². The molecule has 5 aliphatic rings. The van der Waals surface area contributed by atoms with Gasteiger partial charge in [0.1, 0.15) is 36.3 Å². The summed E-state index contributed by atoms with van der Waals surface area (Å²) < 4.78 is 61.2. The van der Waals surface area contributed by atoms with Gasteiger partial charge in [0.05, 0.1) is 39.4 Å². The van der Waals surface area contributed by atoms with E-state index >= 15 is 0 Å². The van der Waals surface area contributed by atoms with Gasteiger partial charge in [-0.3, -0.25) is 32.9 Å². The van der Waals surface area contributed by atoms with Crippen molar-refractivity contribution in [1.29, 1.82) is 0 Å². The van der Waals surface area contributed by atoms with E-state index in [-0.39, 0.29) is 64.0 Å². The van der Waals surface area contributed by atoms with Crippen LogP contribution in [0.15, 0.2) is 24.3 Å². The van der Waals surface area contributed by atoms with Crippen LogP contribution in [-0.4, -0.2) is 120 Å². The number of imidazole rings is 1. The highest BCUT2D eigenvalue weighted by atomic mass is 32.2. The van der Waals surface area contributed by atoms with Crippen LogP contribution in [0, 0.1) is 51.8 Å². The maximum atomic E-state index is 13.1. The van der Waals surface area contributed by atoms with Crippen LogP contribution in [-0.2, 0) is 55.5 Å². The summed E-state index contributed by atoms with van der Waals surface area (Å²) in [4.78, 5) is 111. The highest BCUT2D eigenvalue weighted by Crippen LogP contribution is 2.68. The van der Waals surface area contributed by atoms with E-state index in [2.05, 4.69) is 64.2 Å². The number of phosphoric ester groups is 3. The molecule has 2 aromatic rings. The molecular weight excluding hydrogens is 1100 g/mol. The van der Waals surface area contributed by atoms with E-state index in [9.17, 15) is 67.8 Å². The van der Waals surface area contributed by atoms with Crippen LogP contribution in [0.1, 0.15) is 118 Å². The fourth-order valence-electron chi connectivity index (χ4n) is 13.0. The number of nitrogens with one attached hydrogen (secondary N) is 2. The molecule has 30 heteroatoms. The minimum absolute atomic E-state index is 0.0264. The molecule has 7 rings (SSSR count). The number of phosphoric acid groups is 3. The molecule has 0 radical (unpaired) electrons. The lowest BCUT2D eigenvalue weighted by Crippen LogP contribution is -2.51. The van der Waals surface area contributed by atoms with Gasteiger partial charge < -0.3 is 74.1 Å². The SMILES string of the molecule is CC(C(=O)SCCNC(=O)CCNC(=O)[C@H](O)C(C)(C)COP(=O)([O-])OP(=O)([O-])OC[C@H]1O[C@@H](n2cnc3c(N)ncnc32)[C@H](O)[C@@H]1OP(=O)([O-])[O-])C(O)CC[C@@H](C)[C@H]1CC[C@H]2[C@@H]3CCC4=CC(=O)CC[C@]4(C)[C@H]3CC[C@]12C. The van der Waals surface area contributed by atoms with Gasteiger partial charge in [0.2, 0.25) is 11.8 Å². The number of hydrogen-bond acceptors (Lipinski definition) is 24. The van der Waals surface area contributed by atoms with Crippen molar-refractivity contribution in [3.63, 3.8) is 0 Å². The normalized spacial score (nSPS) is 31.4. The summed E-state index contributed by atoms with van der Waals surface area (Å²) in [5, 5.41) is 37.5. The van der Waals surface area contributed by atoms with Gasteiger partial charge in [0.15, 0.2) is 28.6 Å². The standard InChI is InChI=1S/C48H76N7O19P3S/c1-26(31-10-11-32-30-9-8-28-21-29(56)13-16-47(28,5)33(30)14-17-48(31,32)6)7-12-34(57)27(2)45(62)78-20-19-50-36(58)15-18-51-43(61)40(60)46(3,4)23-71-77(68,69)74-76(66,67)70-22-35-39(73-75(63,64)65)38(59)44(72-35)55-25-54-37-41(49)52-24-53-42(37)55/h21,24-27,30-35,38-40,44,57,59-60H,7-20,22-23H2,1-6H3,(H,50,58)(H,51,61)(H,66,67)(H,68,69)(H2,49,52,53)(H2,63,64,65)/p-4/t26-,27?,30+,31-,32+,33+,34?,35-,38-,39-,40+,44-,47+,48-/m1/s1. The van der Waals surface area contributed by atoms with Gasteiger partial charge in [0.25, 0.3) is 15.6 Å². The molecular formula is C48H72N7O19P3S-4. The number of rotatable bonds is 25. The molecule has 4 unspecified atom stereocenters. The predicted octanol–water partition coefficient (Wildman–Crippen LogP) is 1.70. The van der Waals surface area contributed by atoms with Crippen molar-refractivity contribution in [1.82, 2.24) is 30.2 Å². The van der Waals surface area contributed by atoms with Gasteiger partial charge in [-0.05, 0) is 104 Å². The minimum Gasteiger partial charge on any atom is -0.790 e. The van der Waals surface area contributed by atoms with Crippen molar-refractivity contribution in [2.75, 3.05) is 37.8 Å². The Morgan fingerprint density at radius 1 is 0.962 bits per heavy atom. The largest absolute Gasteiger partial charge is 0.790 e. The third-order valence-corrected chi connectivity index (χ3v) is 21.4. The van der Waals surface area contributed by atoms with Gasteiger partial charge in [-0.15, -0.1) is 0 Å². The molecule has 26 nitrogen and oxygen atoms in total. The molecule has 4 aliphatic carbocycles. The number of amides is 2. The van der Waals surface area contributed by atoms with Crippen molar-refractivity contribution in [2.45, 2.75) is 149 Å². The van der Waals surface area contributed by atoms with E-state index in [4.69, 9.17) is 10.5 Å². The Labute approximate surface area is 456 Å². The maximum absolute atomic E-state index is 13.1. The van der Waals surface area contributed by atoms with Crippen molar-refractivity contribution in [2.24, 2.45) is 51.8 Å². The third kappa shape index (κ3) is 14.4. The van der Waals surface area contributed by atoms with Crippen molar-refractivity contribution >= 4 is 74.9 Å². The van der Waals surface area contributed by atoms with E-state index in [0.717, 1.165) is 54.7 Å². The van der Waals surface area contributed by atoms with Crippen LogP contribution in [0.3, 0.4) is 0 Å². The molecule has 2 amide bonds. The minimum atomic E-state index is -5.95. The van der Waals surface area contributed by atoms with Crippen LogP contribution in [0.5, 0.6) is 0 Å². The van der Waals surface area contributed by atoms with Crippen LogP contribution in [0.25, 0.3) is 11.2 Å². The summed E-state index contributed by atoms with van der Waals surface area (Å²) in [6, 6.07) is 0. The molecule has 0 aromatic carbocycles. The smallest absolute Gasteiger partial charge is 0.274 e. The second-order valence-corrected chi connectivity index (χ2v) is 27.9. The first-order valence-corrected chi connectivity index (χ1v) is 31.6. The quantitative estimate of drug-likeness (QED) is 0.0608. The highest BCUT2D eigenvalue weighted by Gasteiger charge is 2.59. The van der Waals surface area contributed by atoms with E-state index in [1.807, 2.05) is 6.08 Å². The number of ether oxygens (including phenoxy) is 1. The zero-order valence-corrected chi connectivity index (χ0v) is 48.0. The Morgan fingerprint density at radius 2 is 1.68 bits per heavy atom. The Bertz CT molecular complexity index is 2710. The third-order valence-electron chi connectivity index (χ3n) is 17.3. The van der Waals surface area contributed by atoms with E-state index in [1.165, 1.54) is 45.1 Å². The van der Waals surface area contributed by atoms with E-state index < -0.39 is 96.6 Å². The monoisotopic (exact) mass is 1180 g/mol. The average Bonchev–Trinajstić information content (AvgIpc) is 4.17. The lowest BCUT2D eigenvalue weighted by atomic mass is 9.46. The van der Waals surface area contributed by atoms with Crippen LogP contribution in [0.4, 0.5) is 5.82 Å². The van der Waals surface area contributed by atoms with Crippen LogP contribution < -0.4 is 35.9 Å². The molecule has 3 saturated carbocycles. The number of thioether (sulfide) groups is 1. The topological polar surface area (TPSA) is 412 Å². The van der Waals surface area contributed by atoms with Crippen molar-refractivity contribution in [3.8, 4) is 0 Å². The molecule has 4 fully saturated rings. The number of aliphatic hydroxyl groups excluding tert-OH is 3. The van der Waals surface area contributed by atoms with Crippen molar-refractivity contribution < 1.29 is 90.4 Å². The summed E-state index contributed by atoms with van der Waals surface area (Å²) in [5.41, 5.74) is 5.81. The molecule has 78 heavy (non-hydrogen) atoms. The lowest BCUT2D eigenvalue weighted by molar-refractivity contribution is -0.347. The predicted molar refractivity (Wildman–Crippen MR) is 272 cm³/mol. The zero-order valence-electron chi connectivity index (χ0n) is 44.5. The number of hydrogen-bond donors (Lipinski definition) is 6. The first-order chi connectivity index (χ1) is 36.4. The maximum Gasteiger partial charge on any atom is 0.274 e. The fourth-order valence-corrected chi connectivity index (χ4v) is 16.5. The Hall–Kier alpha value is -3.07. The molecule has 0 bridgehead atoms. The summed E-state index contributed by atoms with van der Waals surface area (Å²) in [6.45, 7) is 8.86. The molecule has 0 spiro atoms. The summed E-state index contributed by atoms with van der Waals surface area (Å²) >= 11 is 1.00. The second kappa shape index (κ2) is 24.8. The number of ketones is 1. The lowest BCUT2D eigenvalue weighted by Gasteiger charge is -2.58. The van der Waals surface area contributed by atoms with Gasteiger partial charge in [-0.2, -0.15) is 0 Å². The zero-order chi connectivity index (χ0) is 57.3. The Balaban J connectivity index is 0.772. The van der Waals surface area contributed by atoms with Gasteiger partial charge in [-0.25, -0.2) is 19.3 Å². The average molecular weight is 1180 g/mol. The summed E-state index contributed by atoms with van der Waals surface area (Å²) in [5.74, 6) is 1.19. The van der Waals surface area contributed by atoms with Crippen molar-refractivity contribution in [3.05, 3.63) is 24.3 Å². The molecule has 1 saturated heterocycles. The highest BCUT2D eigenvalue weighted by molar-refractivity contribution is 8.13. The molecule has 438 valence electrons. The number of carbonyl (C=O) groups is 4. The number of carbonyl (C=O) groups excluding carboxylic acids is 4. The summed E-state index contributed by atoms with van der Waals surface area (Å²) in [6.07, 6.45) is 3.30. The number of nitrogens with zero attached hydrogens (tertiary/aromatic N) is 4. The van der Waals surface area contributed by atoms with E-state index in [0.29, 0.717) is 42.4 Å². The first kappa shape index (κ1) is 62.5. The van der Waals surface area contributed by atoms with Gasteiger partial charge in [-0.1, -0.05) is 58.9 Å². The molecule has 7 N–H and O–H groups in total. The van der Waals surface area contributed by atoms with Gasteiger partial charge >= 0.3 is 0 Å². The Morgan fingerprint density at radius 3 is 2.40 bits per heavy atom. The number of aliphatic hydroxyl groups is 3. The first-order valence-electron chi connectivity index (χ1n) is 26.3. The number of anilines is 1. The number of nitrogen functional groups attached to an aromatic ring is 1. The second-order valence-electron chi connectivity index (χ2n) is 22.8. The van der Waals surface area contributed by atoms with Crippen LogP contribution >= 0.6 is 35.2 Å². The Kier molecular flexibility index (Phi) is 19.9. The number of allylic oxidation sites excluding steroid dienone is 1.